The van der Waals surface area contributed by atoms with Crippen LogP contribution in [-0.2, 0) is 0 Å². The molecule has 196 valence electrons. The van der Waals surface area contributed by atoms with Gasteiger partial charge in [-0.15, -0.1) is 0 Å². The van der Waals surface area contributed by atoms with E-state index in [0.29, 0.717) is 17.5 Å². The highest BCUT2D eigenvalue weighted by Crippen LogP contribution is 2.29. The normalized spacial score (nSPS) is 11.4. The fourth-order valence-electron chi connectivity index (χ4n) is 4.81. The lowest BCUT2D eigenvalue weighted by atomic mass is 9.98. The Morgan fingerprint density at radius 3 is 1.76 bits per heavy atom. The number of aromatic nitrogens is 4. The second kappa shape index (κ2) is 11.3. The molecular weight excluding hydrogens is 500 g/mol. The van der Waals surface area contributed by atoms with Crippen molar-refractivity contribution in [2.75, 3.05) is 0 Å². The zero-order chi connectivity index (χ0) is 28.2. The molecule has 6 aromatic rings. The number of hydrogen-bond acceptors (Lipinski definition) is 4. The first-order chi connectivity index (χ1) is 20.1. The maximum Gasteiger partial charge on any atom is 0.164 e. The summed E-state index contributed by atoms with van der Waals surface area (Å²) in [7, 11) is 0. The van der Waals surface area contributed by atoms with Crippen molar-refractivity contribution in [1.29, 1.82) is 0 Å². The van der Waals surface area contributed by atoms with Crippen LogP contribution in [0.25, 0.3) is 61.4 Å². The average molecular weight is 529 g/mol. The lowest BCUT2D eigenvalue weighted by Crippen LogP contribution is -2.02. The van der Waals surface area contributed by atoms with Gasteiger partial charge in [-0.1, -0.05) is 122 Å². The Bertz CT molecular complexity index is 1900. The smallest absolute Gasteiger partial charge is 0.164 e. The molecule has 4 aromatic carbocycles. The zero-order valence-corrected chi connectivity index (χ0v) is 22.8. The van der Waals surface area contributed by atoms with Gasteiger partial charge in [-0.3, -0.25) is 4.98 Å². The fourth-order valence-corrected chi connectivity index (χ4v) is 4.81. The summed E-state index contributed by atoms with van der Waals surface area (Å²) in [4.78, 5) is 18.8. The first-order valence-corrected chi connectivity index (χ1v) is 13.5. The molecule has 0 spiro atoms. The Labute approximate surface area is 240 Å². The minimum absolute atomic E-state index is 0.558. The molecule has 0 amide bonds. The van der Waals surface area contributed by atoms with E-state index in [1.807, 2.05) is 49.5 Å². The number of benzene rings is 4. The summed E-state index contributed by atoms with van der Waals surface area (Å²) in [5, 5.41) is 2.35. The van der Waals surface area contributed by atoms with Crippen LogP contribution in [-0.4, -0.2) is 19.9 Å². The van der Waals surface area contributed by atoms with Crippen molar-refractivity contribution in [3.8, 4) is 45.0 Å². The van der Waals surface area contributed by atoms with Gasteiger partial charge in [0, 0.05) is 34.0 Å². The van der Waals surface area contributed by atoms with E-state index in [1.54, 1.807) is 12.2 Å². The molecule has 0 N–H and O–H groups in total. The number of allylic oxidation sites excluding steroid dienone is 4. The maximum atomic E-state index is 4.81. The van der Waals surface area contributed by atoms with Crippen LogP contribution in [0.3, 0.4) is 0 Å². The van der Waals surface area contributed by atoms with Gasteiger partial charge in [-0.25, -0.2) is 15.0 Å². The Morgan fingerprint density at radius 2 is 1.15 bits per heavy atom. The van der Waals surface area contributed by atoms with Crippen LogP contribution in [0.1, 0.15) is 11.5 Å². The summed E-state index contributed by atoms with van der Waals surface area (Å²) in [6.45, 7) is 9.76. The molecule has 0 aliphatic heterocycles. The first kappa shape index (κ1) is 25.8. The molecule has 0 atom stereocenters. The Hall–Kier alpha value is -5.48. The summed E-state index contributed by atoms with van der Waals surface area (Å²) in [6.07, 6.45) is 7.23. The monoisotopic (exact) mass is 528 g/mol. The molecule has 4 nitrogen and oxygen atoms in total. The highest BCUT2D eigenvalue weighted by molar-refractivity contribution is 5.87. The third-order valence-electron chi connectivity index (χ3n) is 7.00. The molecule has 41 heavy (non-hydrogen) atoms. The van der Waals surface area contributed by atoms with Crippen molar-refractivity contribution < 1.29 is 0 Å². The average Bonchev–Trinajstić information content (AvgIpc) is 3.03. The van der Waals surface area contributed by atoms with Gasteiger partial charge >= 0.3 is 0 Å². The Morgan fingerprint density at radius 1 is 0.585 bits per heavy atom. The summed E-state index contributed by atoms with van der Waals surface area (Å²) >= 11 is 0. The topological polar surface area (TPSA) is 51.6 Å². The number of rotatable bonds is 7. The third-order valence-corrected chi connectivity index (χ3v) is 7.00. The molecule has 0 radical (unpaired) electrons. The predicted molar refractivity (Wildman–Crippen MR) is 170 cm³/mol. The van der Waals surface area contributed by atoms with Gasteiger partial charge in [0.25, 0.3) is 0 Å². The van der Waals surface area contributed by atoms with E-state index in [1.165, 1.54) is 16.5 Å². The van der Waals surface area contributed by atoms with Crippen molar-refractivity contribution in [3.05, 3.63) is 152 Å². The Kier molecular flexibility index (Phi) is 7.12. The summed E-state index contributed by atoms with van der Waals surface area (Å²) < 4.78 is 0. The van der Waals surface area contributed by atoms with Gasteiger partial charge in [0.05, 0.1) is 0 Å². The highest BCUT2D eigenvalue weighted by atomic mass is 15.0. The molecule has 0 bridgehead atoms. The summed E-state index contributed by atoms with van der Waals surface area (Å²) in [5.41, 5.74) is 8.26. The van der Waals surface area contributed by atoms with E-state index in [0.717, 1.165) is 38.9 Å². The van der Waals surface area contributed by atoms with Gasteiger partial charge in [-0.05, 0) is 46.7 Å². The number of nitrogens with zero attached hydrogens (tertiary/aromatic N) is 4. The summed E-state index contributed by atoms with van der Waals surface area (Å²) in [6, 6.07) is 35.5. The van der Waals surface area contributed by atoms with Crippen LogP contribution in [0.4, 0.5) is 0 Å². The minimum atomic E-state index is 0.558. The highest BCUT2D eigenvalue weighted by Gasteiger charge is 2.12. The van der Waals surface area contributed by atoms with E-state index in [-0.39, 0.29) is 0 Å². The molecule has 0 unspecified atom stereocenters. The minimum Gasteiger partial charge on any atom is -0.261 e. The number of pyridine rings is 1. The maximum absolute atomic E-state index is 4.81. The van der Waals surface area contributed by atoms with Crippen molar-refractivity contribution in [1.82, 2.24) is 19.9 Å². The van der Waals surface area contributed by atoms with Crippen LogP contribution in [0, 0.1) is 6.92 Å². The molecule has 4 heteroatoms. The van der Waals surface area contributed by atoms with Gasteiger partial charge < -0.3 is 0 Å². The quantitative estimate of drug-likeness (QED) is 0.194. The van der Waals surface area contributed by atoms with E-state index < -0.39 is 0 Å². The third kappa shape index (κ3) is 5.49. The summed E-state index contributed by atoms with van der Waals surface area (Å²) in [5.74, 6) is 1.78. The second-order valence-electron chi connectivity index (χ2n) is 9.78. The second-order valence-corrected chi connectivity index (χ2v) is 9.78. The van der Waals surface area contributed by atoms with Crippen LogP contribution in [0.5, 0.6) is 0 Å². The number of fused-ring (bicyclic) bond motifs is 1. The predicted octanol–water partition coefficient (Wildman–Crippen LogP) is 9.15. The Balaban J connectivity index is 1.31. The van der Waals surface area contributed by atoms with Crippen molar-refractivity contribution >= 4 is 16.3 Å². The van der Waals surface area contributed by atoms with Crippen LogP contribution in [0.2, 0.25) is 0 Å². The van der Waals surface area contributed by atoms with E-state index in [9.17, 15) is 0 Å². The van der Waals surface area contributed by atoms with Crippen molar-refractivity contribution in [3.63, 3.8) is 0 Å². The molecule has 0 saturated carbocycles. The largest absolute Gasteiger partial charge is 0.261 e. The van der Waals surface area contributed by atoms with Gasteiger partial charge in [0.15, 0.2) is 17.5 Å². The zero-order valence-electron chi connectivity index (χ0n) is 22.8. The number of aryl methyl sites for hydroxylation is 1. The van der Waals surface area contributed by atoms with Crippen LogP contribution in [0.15, 0.2) is 141 Å². The standard InChI is InChI=1S/C37H28N4/c1-4-9-26(5-2)35-39-36(30-10-7-6-8-11-30)41-37(40-35)31-18-16-28(17-19-31)27-12-14-29(15-13-27)33-21-20-32-22-25(3)38-24-34(32)23-33/h4-24H,1-2H2,3H3/b26-9+. The lowest BCUT2D eigenvalue weighted by molar-refractivity contribution is 1.04. The van der Waals surface area contributed by atoms with Gasteiger partial charge in [0.1, 0.15) is 0 Å². The molecule has 0 aliphatic rings. The fraction of sp³-hybridized carbons (Fsp3) is 0.0270. The van der Waals surface area contributed by atoms with E-state index in [2.05, 4.69) is 90.9 Å². The molecule has 0 saturated heterocycles. The molecule has 2 aromatic heterocycles. The van der Waals surface area contributed by atoms with Crippen LogP contribution >= 0.6 is 0 Å². The lowest BCUT2D eigenvalue weighted by Gasteiger charge is -2.10. The van der Waals surface area contributed by atoms with Crippen molar-refractivity contribution in [2.45, 2.75) is 6.92 Å². The molecule has 6 rings (SSSR count). The molecular formula is C37H28N4. The van der Waals surface area contributed by atoms with Crippen LogP contribution < -0.4 is 0 Å². The molecule has 0 fully saturated rings. The van der Waals surface area contributed by atoms with Crippen molar-refractivity contribution in [2.24, 2.45) is 0 Å². The molecule has 0 aliphatic carbocycles. The van der Waals surface area contributed by atoms with E-state index >= 15 is 0 Å². The SMILES string of the molecule is C=C/C=C(\C=C)c1nc(-c2ccccc2)nc(-c2ccc(-c3ccc(-c4ccc5cc(C)ncc5c4)cc3)cc2)n1. The van der Waals surface area contributed by atoms with Gasteiger partial charge in [0.2, 0.25) is 0 Å². The van der Waals surface area contributed by atoms with E-state index in [4.69, 9.17) is 15.0 Å². The number of hydrogen-bond donors (Lipinski definition) is 0. The first-order valence-electron chi connectivity index (χ1n) is 13.5. The molecule has 2 heterocycles. The van der Waals surface area contributed by atoms with Gasteiger partial charge in [-0.2, -0.15) is 0 Å².